The van der Waals surface area contributed by atoms with Crippen LogP contribution >= 0.6 is 11.6 Å². The van der Waals surface area contributed by atoms with Gasteiger partial charge in [-0.1, -0.05) is 23.7 Å². The maximum absolute atomic E-state index is 6.02. The van der Waals surface area contributed by atoms with Crippen LogP contribution < -0.4 is 16.4 Å². The van der Waals surface area contributed by atoms with Gasteiger partial charge in [-0.15, -0.1) is 0 Å². The fourth-order valence-corrected chi connectivity index (χ4v) is 1.80. The fourth-order valence-electron chi connectivity index (χ4n) is 1.60. The second-order valence-electron chi connectivity index (χ2n) is 3.62. The monoisotopic (exact) mass is 223 g/mol. The predicted molar refractivity (Wildman–Crippen MR) is 63.7 cm³/mol. The zero-order chi connectivity index (χ0) is 10.7. The maximum atomic E-state index is 6.02. The van der Waals surface area contributed by atoms with Gasteiger partial charge in [-0.05, 0) is 18.2 Å². The number of anilines is 1. The van der Waals surface area contributed by atoms with Gasteiger partial charge in [0.15, 0.2) is 0 Å². The molecular formula is C11H14ClN3. The minimum absolute atomic E-state index is 0.432. The SMILES string of the molecule is NC1=C[C@@H](CNc2ccccc2Cl)CN1. The van der Waals surface area contributed by atoms with Crippen molar-refractivity contribution in [2.75, 3.05) is 18.4 Å². The molecule has 3 nitrogen and oxygen atoms in total. The summed E-state index contributed by atoms with van der Waals surface area (Å²) < 4.78 is 0. The lowest BCUT2D eigenvalue weighted by molar-refractivity contribution is 0.680. The van der Waals surface area contributed by atoms with E-state index in [1.165, 1.54) is 0 Å². The molecule has 80 valence electrons. The molecule has 1 heterocycles. The molecular weight excluding hydrogens is 210 g/mol. The number of hydrogen-bond acceptors (Lipinski definition) is 3. The quantitative estimate of drug-likeness (QED) is 0.732. The van der Waals surface area contributed by atoms with Crippen LogP contribution in [-0.4, -0.2) is 13.1 Å². The number of halogens is 1. The van der Waals surface area contributed by atoms with Gasteiger partial charge in [-0.25, -0.2) is 0 Å². The van der Waals surface area contributed by atoms with Crippen LogP contribution in [0.3, 0.4) is 0 Å². The first kappa shape index (κ1) is 10.2. The van der Waals surface area contributed by atoms with E-state index in [2.05, 4.69) is 10.6 Å². The highest BCUT2D eigenvalue weighted by Gasteiger charge is 2.12. The van der Waals surface area contributed by atoms with Gasteiger partial charge < -0.3 is 16.4 Å². The number of rotatable bonds is 3. The zero-order valence-corrected chi connectivity index (χ0v) is 9.09. The molecule has 0 saturated carbocycles. The molecule has 1 aromatic rings. The molecule has 0 spiro atoms. The van der Waals surface area contributed by atoms with Crippen LogP contribution in [-0.2, 0) is 0 Å². The van der Waals surface area contributed by atoms with Crippen molar-refractivity contribution in [1.29, 1.82) is 0 Å². The minimum atomic E-state index is 0.432. The number of benzene rings is 1. The molecule has 0 amide bonds. The Morgan fingerprint density at radius 2 is 2.27 bits per heavy atom. The van der Waals surface area contributed by atoms with Crippen molar-refractivity contribution in [3.63, 3.8) is 0 Å². The summed E-state index contributed by atoms with van der Waals surface area (Å²) in [5.41, 5.74) is 6.59. The van der Waals surface area contributed by atoms with E-state index >= 15 is 0 Å². The molecule has 0 unspecified atom stereocenters. The first-order valence-corrected chi connectivity index (χ1v) is 5.33. The van der Waals surface area contributed by atoms with Crippen LogP contribution in [0, 0.1) is 5.92 Å². The summed E-state index contributed by atoms with van der Waals surface area (Å²) in [4.78, 5) is 0. The second kappa shape index (κ2) is 4.45. The zero-order valence-electron chi connectivity index (χ0n) is 8.33. The Kier molecular flexibility index (Phi) is 3.02. The van der Waals surface area contributed by atoms with Crippen molar-refractivity contribution in [2.45, 2.75) is 0 Å². The highest BCUT2D eigenvalue weighted by Crippen LogP contribution is 2.21. The third kappa shape index (κ3) is 2.57. The summed E-state index contributed by atoms with van der Waals surface area (Å²) in [5.74, 6) is 1.20. The molecule has 0 bridgehead atoms. The molecule has 0 aliphatic carbocycles. The number of para-hydroxylation sites is 1. The summed E-state index contributed by atoms with van der Waals surface area (Å²) in [7, 11) is 0. The average Bonchev–Trinajstić information content (AvgIpc) is 2.63. The van der Waals surface area contributed by atoms with Crippen molar-refractivity contribution in [3.8, 4) is 0 Å². The second-order valence-corrected chi connectivity index (χ2v) is 4.03. The highest BCUT2D eigenvalue weighted by atomic mass is 35.5. The Hall–Kier alpha value is -1.35. The van der Waals surface area contributed by atoms with E-state index in [-0.39, 0.29) is 0 Å². The average molecular weight is 224 g/mol. The molecule has 0 saturated heterocycles. The van der Waals surface area contributed by atoms with Crippen molar-refractivity contribution in [2.24, 2.45) is 11.7 Å². The first-order valence-electron chi connectivity index (χ1n) is 4.95. The predicted octanol–water partition coefficient (Wildman–Crippen LogP) is 1.77. The summed E-state index contributed by atoms with van der Waals surface area (Å²) >= 11 is 6.02. The number of nitrogens with two attached hydrogens (primary N) is 1. The van der Waals surface area contributed by atoms with E-state index in [9.17, 15) is 0 Å². The van der Waals surface area contributed by atoms with E-state index in [0.29, 0.717) is 5.92 Å². The molecule has 1 atom stereocenters. The van der Waals surface area contributed by atoms with Crippen LogP contribution in [0.1, 0.15) is 0 Å². The highest BCUT2D eigenvalue weighted by molar-refractivity contribution is 6.33. The molecule has 4 N–H and O–H groups in total. The van der Waals surface area contributed by atoms with Gasteiger partial charge in [-0.2, -0.15) is 0 Å². The molecule has 1 aromatic carbocycles. The van der Waals surface area contributed by atoms with Gasteiger partial charge in [0.1, 0.15) is 0 Å². The normalized spacial score (nSPS) is 19.5. The molecule has 0 radical (unpaired) electrons. The number of nitrogens with one attached hydrogen (secondary N) is 2. The number of hydrogen-bond donors (Lipinski definition) is 3. The van der Waals surface area contributed by atoms with Gasteiger partial charge in [0.05, 0.1) is 16.5 Å². The van der Waals surface area contributed by atoms with Crippen molar-refractivity contribution < 1.29 is 0 Å². The Labute approximate surface area is 94.3 Å². The van der Waals surface area contributed by atoms with Crippen LogP contribution in [0.5, 0.6) is 0 Å². The van der Waals surface area contributed by atoms with Crippen molar-refractivity contribution in [3.05, 3.63) is 41.2 Å². The lowest BCUT2D eigenvalue weighted by Crippen LogP contribution is -2.20. The molecule has 1 aliphatic rings. The Bertz CT molecular complexity index is 376. The fraction of sp³-hybridized carbons (Fsp3) is 0.273. The lowest BCUT2D eigenvalue weighted by atomic mass is 10.1. The smallest absolute Gasteiger partial charge is 0.0923 e. The molecule has 15 heavy (non-hydrogen) atoms. The van der Waals surface area contributed by atoms with E-state index in [4.69, 9.17) is 17.3 Å². The summed E-state index contributed by atoms with van der Waals surface area (Å²) in [6, 6.07) is 7.73. The molecule has 1 aliphatic heterocycles. The summed E-state index contributed by atoms with van der Waals surface area (Å²) in [5, 5.41) is 7.14. The van der Waals surface area contributed by atoms with Gasteiger partial charge in [0.2, 0.25) is 0 Å². The van der Waals surface area contributed by atoms with Crippen molar-refractivity contribution in [1.82, 2.24) is 5.32 Å². The maximum Gasteiger partial charge on any atom is 0.0923 e. The van der Waals surface area contributed by atoms with Gasteiger partial charge >= 0.3 is 0 Å². The largest absolute Gasteiger partial charge is 0.386 e. The summed E-state index contributed by atoms with van der Waals surface area (Å²) in [6.45, 7) is 1.74. The molecule has 0 fully saturated rings. The van der Waals surface area contributed by atoms with E-state index in [0.717, 1.165) is 29.6 Å². The van der Waals surface area contributed by atoms with Crippen LogP contribution in [0.4, 0.5) is 5.69 Å². The van der Waals surface area contributed by atoms with Gasteiger partial charge in [0.25, 0.3) is 0 Å². The topological polar surface area (TPSA) is 50.1 Å². The van der Waals surface area contributed by atoms with Crippen molar-refractivity contribution >= 4 is 17.3 Å². The van der Waals surface area contributed by atoms with E-state index < -0.39 is 0 Å². The third-order valence-corrected chi connectivity index (χ3v) is 2.74. The van der Waals surface area contributed by atoms with E-state index in [1.807, 2.05) is 30.3 Å². The van der Waals surface area contributed by atoms with Crippen LogP contribution in [0.2, 0.25) is 5.02 Å². The molecule has 2 rings (SSSR count). The third-order valence-electron chi connectivity index (χ3n) is 2.41. The Balaban J connectivity index is 1.91. The minimum Gasteiger partial charge on any atom is -0.386 e. The van der Waals surface area contributed by atoms with Gasteiger partial charge in [0, 0.05) is 19.0 Å². The van der Waals surface area contributed by atoms with Crippen LogP contribution in [0.15, 0.2) is 36.2 Å². The van der Waals surface area contributed by atoms with Crippen LogP contribution in [0.25, 0.3) is 0 Å². The Morgan fingerprint density at radius 1 is 1.47 bits per heavy atom. The summed E-state index contributed by atoms with van der Waals surface area (Å²) in [6.07, 6.45) is 2.03. The van der Waals surface area contributed by atoms with E-state index in [1.54, 1.807) is 0 Å². The first-order chi connectivity index (χ1) is 7.25. The standard InChI is InChI=1S/C11H14ClN3/c12-9-3-1-2-4-10(9)14-6-8-5-11(13)15-7-8/h1-5,8,14-15H,6-7,13H2/t8-/m0/s1. The molecule has 0 aromatic heterocycles. The molecule has 4 heteroatoms. The van der Waals surface area contributed by atoms with Gasteiger partial charge in [-0.3, -0.25) is 0 Å². The lowest BCUT2D eigenvalue weighted by Gasteiger charge is -2.11. The Morgan fingerprint density at radius 3 is 2.93 bits per heavy atom.